The standard InChI is InChI=1S/C21H35N5O/c1-18-7-14-25(15-8-18)11-5-9-23-21(27)24-17-19-6-10-22-20(16-19)26-12-3-2-4-13-26/h6,10,16,18H,2-5,7-9,11-15,17H2,1H3,(H2,23,24,27). The van der Waals surface area contributed by atoms with Gasteiger partial charge in [-0.25, -0.2) is 9.78 Å². The monoisotopic (exact) mass is 373 g/mol. The maximum absolute atomic E-state index is 12.0. The molecule has 0 aliphatic carbocycles. The molecule has 2 saturated heterocycles. The second-order valence-electron chi connectivity index (χ2n) is 8.06. The second kappa shape index (κ2) is 10.5. The van der Waals surface area contributed by atoms with E-state index in [0.29, 0.717) is 6.54 Å². The number of anilines is 1. The fourth-order valence-electron chi connectivity index (χ4n) is 3.90. The molecule has 6 heteroatoms. The Hall–Kier alpha value is -1.82. The first kappa shape index (κ1) is 19.9. The molecule has 0 unspecified atom stereocenters. The molecule has 0 aromatic carbocycles. The summed E-state index contributed by atoms with van der Waals surface area (Å²) in [6, 6.07) is 3.99. The van der Waals surface area contributed by atoms with Gasteiger partial charge in [0.15, 0.2) is 0 Å². The quantitative estimate of drug-likeness (QED) is 0.722. The van der Waals surface area contributed by atoms with Crippen molar-refractivity contribution in [3.05, 3.63) is 23.9 Å². The molecule has 150 valence electrons. The molecular formula is C21H35N5O. The molecule has 0 radical (unpaired) electrons. The van der Waals surface area contributed by atoms with E-state index in [0.717, 1.165) is 49.9 Å². The summed E-state index contributed by atoms with van der Waals surface area (Å²) in [7, 11) is 0. The lowest BCUT2D eigenvalue weighted by Gasteiger charge is -2.30. The third-order valence-electron chi connectivity index (χ3n) is 5.76. The Bertz CT molecular complexity index is 580. The van der Waals surface area contributed by atoms with E-state index in [1.165, 1.54) is 45.2 Å². The Kier molecular flexibility index (Phi) is 7.75. The Morgan fingerprint density at radius 2 is 1.93 bits per heavy atom. The highest BCUT2D eigenvalue weighted by atomic mass is 16.2. The first-order chi connectivity index (χ1) is 13.2. The summed E-state index contributed by atoms with van der Waals surface area (Å²) in [6.07, 6.45) is 9.26. The number of piperidine rings is 2. The number of amides is 2. The van der Waals surface area contributed by atoms with Crippen LogP contribution in [0.1, 0.15) is 51.0 Å². The van der Waals surface area contributed by atoms with Gasteiger partial charge < -0.3 is 20.4 Å². The third kappa shape index (κ3) is 6.69. The zero-order valence-electron chi connectivity index (χ0n) is 16.8. The number of carbonyl (C=O) groups excluding carboxylic acids is 1. The van der Waals surface area contributed by atoms with Gasteiger partial charge in [-0.05, 0) is 81.8 Å². The molecule has 3 rings (SSSR count). The van der Waals surface area contributed by atoms with Crippen LogP contribution >= 0.6 is 0 Å². The zero-order chi connectivity index (χ0) is 18.9. The van der Waals surface area contributed by atoms with Gasteiger partial charge in [0, 0.05) is 32.4 Å². The summed E-state index contributed by atoms with van der Waals surface area (Å²) in [5.41, 5.74) is 1.10. The van der Waals surface area contributed by atoms with Gasteiger partial charge in [0.2, 0.25) is 0 Å². The van der Waals surface area contributed by atoms with Gasteiger partial charge in [-0.15, -0.1) is 0 Å². The first-order valence-corrected chi connectivity index (χ1v) is 10.6. The van der Waals surface area contributed by atoms with Crippen molar-refractivity contribution in [3.63, 3.8) is 0 Å². The Morgan fingerprint density at radius 1 is 1.15 bits per heavy atom. The number of hydrogen-bond donors (Lipinski definition) is 2. The van der Waals surface area contributed by atoms with Crippen molar-refractivity contribution < 1.29 is 4.79 Å². The summed E-state index contributed by atoms with van der Waals surface area (Å²) < 4.78 is 0. The SMILES string of the molecule is CC1CCN(CCCNC(=O)NCc2ccnc(N3CCCCC3)c2)CC1. The molecule has 2 fully saturated rings. The van der Waals surface area contributed by atoms with E-state index in [-0.39, 0.29) is 6.03 Å². The highest BCUT2D eigenvalue weighted by Gasteiger charge is 2.15. The van der Waals surface area contributed by atoms with Crippen LogP contribution in [-0.2, 0) is 6.54 Å². The lowest BCUT2D eigenvalue weighted by molar-refractivity contribution is 0.190. The number of rotatable bonds is 7. The number of hydrogen-bond acceptors (Lipinski definition) is 4. The van der Waals surface area contributed by atoms with Crippen molar-refractivity contribution in [2.24, 2.45) is 5.92 Å². The number of pyridine rings is 1. The summed E-state index contributed by atoms with van der Waals surface area (Å²) in [5.74, 6) is 1.90. The maximum Gasteiger partial charge on any atom is 0.315 e. The van der Waals surface area contributed by atoms with Gasteiger partial charge in [-0.2, -0.15) is 0 Å². The van der Waals surface area contributed by atoms with Crippen LogP contribution in [0.2, 0.25) is 0 Å². The van der Waals surface area contributed by atoms with Gasteiger partial charge >= 0.3 is 6.03 Å². The summed E-state index contributed by atoms with van der Waals surface area (Å²) in [4.78, 5) is 21.4. The highest BCUT2D eigenvalue weighted by Crippen LogP contribution is 2.18. The average molecular weight is 374 g/mol. The van der Waals surface area contributed by atoms with E-state index >= 15 is 0 Å². The average Bonchev–Trinajstić information content (AvgIpc) is 2.72. The number of nitrogens with zero attached hydrogens (tertiary/aromatic N) is 3. The van der Waals surface area contributed by atoms with Crippen molar-refractivity contribution >= 4 is 11.8 Å². The van der Waals surface area contributed by atoms with Crippen LogP contribution in [0.3, 0.4) is 0 Å². The van der Waals surface area contributed by atoms with E-state index in [9.17, 15) is 4.79 Å². The van der Waals surface area contributed by atoms with E-state index in [2.05, 4.69) is 38.4 Å². The topological polar surface area (TPSA) is 60.5 Å². The number of likely N-dealkylation sites (tertiary alicyclic amines) is 1. The van der Waals surface area contributed by atoms with Gasteiger partial charge in [0.05, 0.1) is 0 Å². The van der Waals surface area contributed by atoms with Gasteiger partial charge in [0.1, 0.15) is 5.82 Å². The molecule has 2 aliphatic heterocycles. The van der Waals surface area contributed by atoms with E-state index in [1.807, 2.05) is 12.3 Å². The minimum atomic E-state index is -0.0846. The minimum Gasteiger partial charge on any atom is -0.357 e. The van der Waals surface area contributed by atoms with Gasteiger partial charge in [-0.3, -0.25) is 0 Å². The molecule has 2 aliphatic rings. The fourth-order valence-corrected chi connectivity index (χ4v) is 3.90. The molecule has 6 nitrogen and oxygen atoms in total. The Balaban J connectivity index is 1.32. The predicted octanol–water partition coefficient (Wildman–Crippen LogP) is 2.99. The molecule has 0 atom stereocenters. The fraction of sp³-hybridized carbons (Fsp3) is 0.714. The Labute approximate surface area is 163 Å². The van der Waals surface area contributed by atoms with Crippen molar-refractivity contribution in [3.8, 4) is 0 Å². The Morgan fingerprint density at radius 3 is 2.70 bits per heavy atom. The number of aromatic nitrogens is 1. The molecule has 0 saturated carbocycles. The molecular weight excluding hydrogens is 338 g/mol. The largest absolute Gasteiger partial charge is 0.357 e. The van der Waals surface area contributed by atoms with Crippen LogP contribution in [0.25, 0.3) is 0 Å². The summed E-state index contributed by atoms with van der Waals surface area (Å²) >= 11 is 0. The van der Waals surface area contributed by atoms with E-state index in [4.69, 9.17) is 0 Å². The zero-order valence-corrected chi connectivity index (χ0v) is 16.8. The van der Waals surface area contributed by atoms with Gasteiger partial charge in [0.25, 0.3) is 0 Å². The van der Waals surface area contributed by atoms with Crippen molar-refractivity contribution in [2.45, 2.75) is 52.0 Å². The van der Waals surface area contributed by atoms with Crippen LogP contribution < -0.4 is 15.5 Å². The first-order valence-electron chi connectivity index (χ1n) is 10.6. The molecule has 3 heterocycles. The predicted molar refractivity (Wildman–Crippen MR) is 110 cm³/mol. The molecule has 1 aromatic heterocycles. The smallest absolute Gasteiger partial charge is 0.315 e. The molecule has 2 N–H and O–H groups in total. The van der Waals surface area contributed by atoms with Crippen LogP contribution in [0.5, 0.6) is 0 Å². The van der Waals surface area contributed by atoms with Crippen molar-refractivity contribution in [2.75, 3.05) is 44.2 Å². The highest BCUT2D eigenvalue weighted by molar-refractivity contribution is 5.73. The summed E-state index contributed by atoms with van der Waals surface area (Å²) in [5, 5.41) is 5.94. The van der Waals surface area contributed by atoms with Crippen LogP contribution in [-0.4, -0.2) is 55.2 Å². The summed E-state index contributed by atoms with van der Waals surface area (Å²) in [6.45, 7) is 9.26. The maximum atomic E-state index is 12.0. The molecule has 2 amide bonds. The number of carbonyl (C=O) groups is 1. The number of urea groups is 1. The molecule has 27 heavy (non-hydrogen) atoms. The number of nitrogens with one attached hydrogen (secondary N) is 2. The lowest BCUT2D eigenvalue weighted by Crippen LogP contribution is -2.38. The van der Waals surface area contributed by atoms with Crippen LogP contribution in [0, 0.1) is 5.92 Å². The van der Waals surface area contributed by atoms with Crippen LogP contribution in [0.15, 0.2) is 18.3 Å². The van der Waals surface area contributed by atoms with Crippen molar-refractivity contribution in [1.82, 2.24) is 20.5 Å². The molecule has 0 spiro atoms. The van der Waals surface area contributed by atoms with Gasteiger partial charge in [-0.1, -0.05) is 6.92 Å². The van der Waals surface area contributed by atoms with E-state index < -0.39 is 0 Å². The normalized spacial score (nSPS) is 19.1. The molecule has 1 aromatic rings. The second-order valence-corrected chi connectivity index (χ2v) is 8.06. The minimum absolute atomic E-state index is 0.0846. The van der Waals surface area contributed by atoms with Crippen molar-refractivity contribution in [1.29, 1.82) is 0 Å². The van der Waals surface area contributed by atoms with E-state index in [1.54, 1.807) is 0 Å². The molecule has 0 bridgehead atoms. The third-order valence-corrected chi connectivity index (χ3v) is 5.76. The lowest BCUT2D eigenvalue weighted by atomic mass is 9.99. The van der Waals surface area contributed by atoms with Crippen LogP contribution in [0.4, 0.5) is 10.6 Å².